The van der Waals surface area contributed by atoms with E-state index in [9.17, 15) is 19.5 Å². The molecule has 2 unspecified atom stereocenters. The second kappa shape index (κ2) is 6.16. The van der Waals surface area contributed by atoms with Gasteiger partial charge in [-0.3, -0.25) is 14.4 Å². The quantitative estimate of drug-likeness (QED) is 0.638. The lowest BCUT2D eigenvalue weighted by Crippen LogP contribution is -2.50. The number of hydrogen-bond acceptors (Lipinski definition) is 4. The number of carbonyl (C=O) groups excluding carboxylic acids is 3. The van der Waals surface area contributed by atoms with Crippen LogP contribution >= 0.6 is 0 Å². The molecule has 0 amide bonds. The maximum Gasteiger partial charge on any atom is 0.189 e. The van der Waals surface area contributed by atoms with Crippen molar-refractivity contribution < 1.29 is 19.5 Å². The molecule has 2 atom stereocenters. The van der Waals surface area contributed by atoms with Crippen molar-refractivity contribution in [3.8, 4) is 0 Å². The average molecular weight is 320 g/mol. The Kier molecular flexibility index (Phi) is 5.22. The molecular weight excluding hydrogens is 292 g/mol. The second-order valence-electron chi connectivity index (χ2n) is 8.91. The van der Waals surface area contributed by atoms with E-state index in [4.69, 9.17) is 0 Å². The average Bonchev–Trinajstić information content (AvgIpc) is 2.36. The molecule has 0 saturated carbocycles. The highest BCUT2D eigenvalue weighted by molar-refractivity contribution is 6.31. The van der Waals surface area contributed by atoms with Gasteiger partial charge in [-0.2, -0.15) is 0 Å². The van der Waals surface area contributed by atoms with Crippen molar-refractivity contribution in [1.29, 1.82) is 0 Å². The third-order valence-corrected chi connectivity index (χ3v) is 4.04. The van der Waals surface area contributed by atoms with Crippen molar-refractivity contribution in [2.45, 2.75) is 61.0 Å². The lowest BCUT2D eigenvalue weighted by atomic mass is 9.61. The Labute approximate surface area is 138 Å². The predicted molar refractivity (Wildman–Crippen MR) is 89.9 cm³/mol. The molecule has 128 valence electrons. The van der Waals surface area contributed by atoms with Crippen LogP contribution in [0.5, 0.6) is 0 Å². The largest absolute Gasteiger partial charge is 0.392 e. The van der Waals surface area contributed by atoms with Crippen LogP contribution in [-0.2, 0) is 14.4 Å². The summed E-state index contributed by atoms with van der Waals surface area (Å²) in [6.45, 7) is 13.2. The fourth-order valence-corrected chi connectivity index (χ4v) is 3.35. The van der Waals surface area contributed by atoms with Gasteiger partial charge in [0, 0.05) is 6.08 Å². The van der Waals surface area contributed by atoms with Crippen LogP contribution in [0, 0.1) is 16.2 Å². The lowest BCUT2D eigenvalue weighted by Gasteiger charge is -2.44. The molecule has 0 spiro atoms. The summed E-state index contributed by atoms with van der Waals surface area (Å²) >= 11 is 0. The first-order chi connectivity index (χ1) is 10.2. The molecule has 4 heteroatoms. The number of carbonyl (C=O) groups is 3. The maximum absolute atomic E-state index is 13.1. The van der Waals surface area contributed by atoms with Gasteiger partial charge in [-0.25, -0.2) is 0 Å². The number of allylic oxidation sites excluding steroid dienone is 4. The summed E-state index contributed by atoms with van der Waals surface area (Å²) in [7, 11) is 0. The van der Waals surface area contributed by atoms with E-state index in [0.29, 0.717) is 6.42 Å². The molecule has 1 N–H and O–H groups in total. The van der Waals surface area contributed by atoms with Crippen molar-refractivity contribution in [3.63, 3.8) is 0 Å². The Balaban J connectivity index is 3.38. The summed E-state index contributed by atoms with van der Waals surface area (Å²) in [6.07, 6.45) is 2.81. The summed E-state index contributed by atoms with van der Waals surface area (Å²) in [4.78, 5) is 36.7. The molecule has 0 bridgehead atoms. The van der Waals surface area contributed by atoms with Gasteiger partial charge in [-0.05, 0) is 36.3 Å². The van der Waals surface area contributed by atoms with Gasteiger partial charge >= 0.3 is 0 Å². The zero-order valence-corrected chi connectivity index (χ0v) is 15.2. The SMILES string of the molecule is CC(C)(C)CC(C)(C(=O)C1=CC(=O)C=CC1=O)C(O)C(C)(C)C. The smallest absolute Gasteiger partial charge is 0.189 e. The molecule has 23 heavy (non-hydrogen) atoms. The van der Waals surface area contributed by atoms with Crippen LogP contribution in [0.2, 0.25) is 0 Å². The molecule has 0 radical (unpaired) electrons. The van der Waals surface area contributed by atoms with Crippen LogP contribution in [0.1, 0.15) is 54.9 Å². The topological polar surface area (TPSA) is 71.4 Å². The summed E-state index contributed by atoms with van der Waals surface area (Å²) in [5.41, 5.74) is -2.04. The Morgan fingerprint density at radius 1 is 1.04 bits per heavy atom. The normalized spacial score (nSPS) is 20.1. The van der Waals surface area contributed by atoms with Crippen LogP contribution in [0.25, 0.3) is 0 Å². The van der Waals surface area contributed by atoms with Crippen LogP contribution in [0.15, 0.2) is 23.8 Å². The highest BCUT2D eigenvalue weighted by Gasteiger charge is 2.49. The Hall–Kier alpha value is -1.55. The van der Waals surface area contributed by atoms with Crippen molar-refractivity contribution in [2.24, 2.45) is 16.2 Å². The molecule has 0 heterocycles. The minimum Gasteiger partial charge on any atom is -0.392 e. The Morgan fingerprint density at radius 3 is 2.00 bits per heavy atom. The molecule has 0 aromatic heterocycles. The van der Waals surface area contributed by atoms with Gasteiger partial charge in [0.25, 0.3) is 0 Å². The van der Waals surface area contributed by atoms with Gasteiger partial charge in [0.1, 0.15) is 0 Å². The Morgan fingerprint density at radius 2 is 1.57 bits per heavy atom. The van der Waals surface area contributed by atoms with E-state index in [1.165, 1.54) is 0 Å². The first-order valence-electron chi connectivity index (χ1n) is 7.89. The summed E-state index contributed by atoms with van der Waals surface area (Å²) in [5, 5.41) is 10.9. The van der Waals surface area contributed by atoms with Crippen molar-refractivity contribution in [1.82, 2.24) is 0 Å². The monoisotopic (exact) mass is 320 g/mol. The number of aliphatic hydroxyl groups excluding tert-OH is 1. The van der Waals surface area contributed by atoms with Gasteiger partial charge in [0.05, 0.1) is 17.1 Å². The van der Waals surface area contributed by atoms with Crippen LogP contribution in [0.3, 0.4) is 0 Å². The first-order valence-corrected chi connectivity index (χ1v) is 7.89. The summed E-state index contributed by atoms with van der Waals surface area (Å²) in [5.74, 6) is -1.32. The van der Waals surface area contributed by atoms with Crippen LogP contribution < -0.4 is 0 Å². The van der Waals surface area contributed by atoms with Gasteiger partial charge in [0.2, 0.25) is 0 Å². The standard InChI is InChI=1S/C19H28O4/c1-17(2,3)11-19(7,16(23)18(4,5)6)15(22)13-10-12(20)8-9-14(13)21/h8-10,16,23H,11H2,1-7H3. The number of aliphatic hydroxyl groups is 1. The van der Waals surface area contributed by atoms with E-state index in [1.807, 2.05) is 41.5 Å². The molecule has 1 aliphatic carbocycles. The molecular formula is C19H28O4. The van der Waals surface area contributed by atoms with Gasteiger partial charge in [-0.1, -0.05) is 41.5 Å². The fraction of sp³-hybridized carbons (Fsp3) is 0.632. The summed E-state index contributed by atoms with van der Waals surface area (Å²) in [6, 6.07) is 0. The first kappa shape index (κ1) is 19.5. The van der Waals surface area contributed by atoms with E-state index >= 15 is 0 Å². The second-order valence-corrected chi connectivity index (χ2v) is 8.91. The molecule has 0 aromatic carbocycles. The van der Waals surface area contributed by atoms with Gasteiger partial charge in [-0.15, -0.1) is 0 Å². The van der Waals surface area contributed by atoms with Gasteiger partial charge < -0.3 is 5.11 Å². The molecule has 0 saturated heterocycles. The zero-order valence-electron chi connectivity index (χ0n) is 15.2. The van der Waals surface area contributed by atoms with Crippen LogP contribution in [-0.4, -0.2) is 28.6 Å². The third-order valence-electron chi connectivity index (χ3n) is 4.04. The van der Waals surface area contributed by atoms with E-state index in [-0.39, 0.29) is 16.8 Å². The molecule has 1 rings (SSSR count). The molecule has 0 fully saturated rings. The van der Waals surface area contributed by atoms with E-state index in [2.05, 4.69) is 0 Å². The molecule has 1 aliphatic rings. The molecule has 0 aromatic rings. The highest BCUT2D eigenvalue weighted by atomic mass is 16.3. The van der Waals surface area contributed by atoms with E-state index < -0.39 is 28.5 Å². The highest BCUT2D eigenvalue weighted by Crippen LogP contribution is 2.44. The minimum absolute atomic E-state index is 0.132. The molecule has 4 nitrogen and oxygen atoms in total. The van der Waals surface area contributed by atoms with Crippen molar-refractivity contribution in [2.75, 3.05) is 0 Å². The minimum atomic E-state index is -1.15. The Bertz CT molecular complexity index is 581. The number of Topliss-reactive ketones (excluding diaryl/α,β-unsaturated/α-hetero) is 1. The zero-order chi connectivity index (χ0) is 18.2. The third kappa shape index (κ3) is 4.47. The number of ketones is 3. The number of hydrogen-bond donors (Lipinski definition) is 1. The summed E-state index contributed by atoms with van der Waals surface area (Å²) < 4.78 is 0. The predicted octanol–water partition coefficient (Wildman–Crippen LogP) is 3.04. The van der Waals surface area contributed by atoms with Crippen molar-refractivity contribution >= 4 is 17.3 Å². The van der Waals surface area contributed by atoms with Gasteiger partial charge in [0.15, 0.2) is 17.3 Å². The van der Waals surface area contributed by atoms with E-state index in [1.54, 1.807) is 6.92 Å². The van der Waals surface area contributed by atoms with Crippen LogP contribution in [0.4, 0.5) is 0 Å². The maximum atomic E-state index is 13.1. The van der Waals surface area contributed by atoms with E-state index in [0.717, 1.165) is 18.2 Å². The lowest BCUT2D eigenvalue weighted by molar-refractivity contribution is -0.141. The van der Waals surface area contributed by atoms with Crippen molar-refractivity contribution in [3.05, 3.63) is 23.8 Å². The molecule has 0 aliphatic heterocycles. The number of rotatable bonds is 4. The fourth-order valence-electron chi connectivity index (χ4n) is 3.35.